The summed E-state index contributed by atoms with van der Waals surface area (Å²) in [4.78, 5) is 5.07. The van der Waals surface area contributed by atoms with E-state index in [-0.39, 0.29) is 5.41 Å². The summed E-state index contributed by atoms with van der Waals surface area (Å²) < 4.78 is 0. The Balaban J connectivity index is 2.30. The van der Waals surface area contributed by atoms with E-state index in [0.717, 1.165) is 0 Å². The third-order valence-corrected chi connectivity index (χ3v) is 4.80. The van der Waals surface area contributed by atoms with Crippen LogP contribution in [0.5, 0.6) is 0 Å². The maximum atomic E-state index is 5.07. The van der Waals surface area contributed by atoms with Gasteiger partial charge in [-0.2, -0.15) is 0 Å². The standard InChI is InChI=1S/C17H25N/c1-10-6-8-12-14(17(3,4)5)13-9-7-11(2)16(13)18-15(10)12/h10-11H,6-9H2,1-5H3/t10-,11+. The minimum Gasteiger partial charge on any atom is -0.257 e. The molecule has 0 radical (unpaired) electrons. The van der Waals surface area contributed by atoms with Crippen molar-refractivity contribution in [1.82, 2.24) is 4.98 Å². The maximum Gasteiger partial charge on any atom is 0.0470 e. The molecule has 0 N–H and O–H groups in total. The van der Waals surface area contributed by atoms with Crippen LogP contribution >= 0.6 is 0 Å². The minimum atomic E-state index is 0.269. The van der Waals surface area contributed by atoms with Crippen molar-refractivity contribution in [3.8, 4) is 0 Å². The van der Waals surface area contributed by atoms with Crippen LogP contribution in [0.15, 0.2) is 0 Å². The van der Waals surface area contributed by atoms with Crippen molar-refractivity contribution in [2.75, 3.05) is 0 Å². The first-order valence-corrected chi connectivity index (χ1v) is 7.45. The molecule has 0 aliphatic heterocycles. The van der Waals surface area contributed by atoms with Crippen LogP contribution in [0.3, 0.4) is 0 Å². The van der Waals surface area contributed by atoms with Crippen molar-refractivity contribution in [3.63, 3.8) is 0 Å². The quantitative estimate of drug-likeness (QED) is 0.654. The molecule has 0 saturated carbocycles. The average Bonchev–Trinajstić information content (AvgIpc) is 2.81. The van der Waals surface area contributed by atoms with Gasteiger partial charge in [-0.3, -0.25) is 4.98 Å². The lowest BCUT2D eigenvalue weighted by Crippen LogP contribution is -2.19. The Morgan fingerprint density at radius 1 is 0.889 bits per heavy atom. The first kappa shape index (κ1) is 12.2. The minimum absolute atomic E-state index is 0.269. The molecule has 0 bridgehead atoms. The second-order valence-electron chi connectivity index (χ2n) is 7.34. The van der Waals surface area contributed by atoms with E-state index in [2.05, 4.69) is 34.6 Å². The molecule has 0 spiro atoms. The van der Waals surface area contributed by atoms with Gasteiger partial charge in [0.2, 0.25) is 0 Å². The summed E-state index contributed by atoms with van der Waals surface area (Å²) >= 11 is 0. The molecule has 1 heteroatoms. The second kappa shape index (κ2) is 3.82. The molecular weight excluding hydrogens is 218 g/mol. The summed E-state index contributed by atoms with van der Waals surface area (Å²) in [6, 6.07) is 0. The molecule has 2 aliphatic rings. The molecule has 2 aliphatic carbocycles. The van der Waals surface area contributed by atoms with Gasteiger partial charge in [0.15, 0.2) is 0 Å². The Kier molecular flexibility index (Phi) is 2.59. The summed E-state index contributed by atoms with van der Waals surface area (Å²) in [5.74, 6) is 1.33. The van der Waals surface area contributed by atoms with Crippen LogP contribution in [0.2, 0.25) is 0 Å². The Labute approximate surface area is 111 Å². The molecule has 0 saturated heterocycles. The van der Waals surface area contributed by atoms with Crippen LogP contribution in [0, 0.1) is 0 Å². The highest BCUT2D eigenvalue weighted by Gasteiger charge is 2.35. The highest BCUT2D eigenvalue weighted by molar-refractivity contribution is 5.50. The summed E-state index contributed by atoms with van der Waals surface area (Å²) in [5, 5.41) is 0. The molecule has 1 aromatic heterocycles. The van der Waals surface area contributed by atoms with Crippen LogP contribution in [0.4, 0.5) is 0 Å². The Morgan fingerprint density at radius 2 is 1.33 bits per heavy atom. The molecule has 0 amide bonds. The normalized spacial score (nSPS) is 26.3. The summed E-state index contributed by atoms with van der Waals surface area (Å²) in [7, 11) is 0. The Hall–Kier alpha value is -0.850. The van der Waals surface area contributed by atoms with E-state index in [1.54, 1.807) is 16.7 Å². The molecule has 1 nitrogen and oxygen atoms in total. The highest BCUT2D eigenvalue weighted by atomic mass is 14.8. The molecule has 0 fully saturated rings. The predicted octanol–water partition coefficient (Wildman–Crippen LogP) is 4.48. The van der Waals surface area contributed by atoms with Crippen LogP contribution in [-0.4, -0.2) is 4.98 Å². The first-order chi connectivity index (χ1) is 8.39. The lowest BCUT2D eigenvalue weighted by Gasteiger charge is -2.27. The fourth-order valence-corrected chi connectivity index (χ4v) is 3.92. The zero-order valence-corrected chi connectivity index (χ0v) is 12.4. The van der Waals surface area contributed by atoms with Crippen LogP contribution in [0.1, 0.15) is 87.4 Å². The molecule has 0 aromatic carbocycles. The molecule has 0 unspecified atom stereocenters. The van der Waals surface area contributed by atoms with E-state index < -0.39 is 0 Å². The van der Waals surface area contributed by atoms with E-state index in [4.69, 9.17) is 4.98 Å². The first-order valence-electron chi connectivity index (χ1n) is 7.45. The van der Waals surface area contributed by atoms with E-state index in [0.29, 0.717) is 11.8 Å². The monoisotopic (exact) mass is 243 g/mol. The summed E-state index contributed by atoms with van der Waals surface area (Å²) in [5.41, 5.74) is 7.97. The third-order valence-electron chi connectivity index (χ3n) is 4.80. The van der Waals surface area contributed by atoms with E-state index in [1.807, 2.05) is 0 Å². The fourth-order valence-electron chi connectivity index (χ4n) is 3.92. The van der Waals surface area contributed by atoms with E-state index >= 15 is 0 Å². The van der Waals surface area contributed by atoms with Crippen molar-refractivity contribution in [2.24, 2.45) is 0 Å². The molecular formula is C17H25N. The van der Waals surface area contributed by atoms with Crippen molar-refractivity contribution in [2.45, 2.75) is 77.6 Å². The predicted molar refractivity (Wildman–Crippen MR) is 76.4 cm³/mol. The lowest BCUT2D eigenvalue weighted by molar-refractivity contribution is 0.575. The molecule has 98 valence electrons. The number of rotatable bonds is 0. The number of fused-ring (bicyclic) bond motifs is 2. The summed E-state index contributed by atoms with van der Waals surface area (Å²) in [6.45, 7) is 11.8. The topological polar surface area (TPSA) is 12.9 Å². The van der Waals surface area contributed by atoms with Crippen LogP contribution < -0.4 is 0 Å². The van der Waals surface area contributed by atoms with Crippen molar-refractivity contribution < 1.29 is 0 Å². The second-order valence-corrected chi connectivity index (χ2v) is 7.34. The van der Waals surface area contributed by atoms with Gasteiger partial charge in [0.25, 0.3) is 0 Å². The van der Waals surface area contributed by atoms with Crippen molar-refractivity contribution in [1.29, 1.82) is 0 Å². The molecule has 1 heterocycles. The van der Waals surface area contributed by atoms with Gasteiger partial charge in [-0.25, -0.2) is 0 Å². The Morgan fingerprint density at radius 3 is 1.72 bits per heavy atom. The van der Waals surface area contributed by atoms with Gasteiger partial charge in [-0.05, 0) is 59.6 Å². The lowest BCUT2D eigenvalue weighted by atomic mass is 9.79. The highest BCUT2D eigenvalue weighted by Crippen LogP contribution is 2.45. The van der Waals surface area contributed by atoms with E-state index in [1.165, 1.54) is 37.1 Å². The maximum absolute atomic E-state index is 5.07. The number of hydrogen-bond acceptors (Lipinski definition) is 1. The third kappa shape index (κ3) is 1.63. The summed E-state index contributed by atoms with van der Waals surface area (Å²) in [6.07, 6.45) is 5.08. The average molecular weight is 243 g/mol. The van der Waals surface area contributed by atoms with Crippen LogP contribution in [-0.2, 0) is 18.3 Å². The van der Waals surface area contributed by atoms with Gasteiger partial charge in [0, 0.05) is 11.4 Å². The smallest absolute Gasteiger partial charge is 0.0470 e. The largest absolute Gasteiger partial charge is 0.257 e. The van der Waals surface area contributed by atoms with Crippen molar-refractivity contribution >= 4 is 0 Å². The molecule has 1 aromatic rings. The zero-order valence-electron chi connectivity index (χ0n) is 12.4. The molecule has 2 atom stereocenters. The van der Waals surface area contributed by atoms with Gasteiger partial charge < -0.3 is 0 Å². The molecule has 18 heavy (non-hydrogen) atoms. The van der Waals surface area contributed by atoms with Gasteiger partial charge in [0.1, 0.15) is 0 Å². The number of pyridine rings is 1. The van der Waals surface area contributed by atoms with Gasteiger partial charge in [-0.1, -0.05) is 34.6 Å². The van der Waals surface area contributed by atoms with Gasteiger partial charge in [0.05, 0.1) is 0 Å². The number of aromatic nitrogens is 1. The molecule has 3 rings (SSSR count). The van der Waals surface area contributed by atoms with Gasteiger partial charge >= 0.3 is 0 Å². The fraction of sp³-hybridized carbons (Fsp3) is 0.706. The van der Waals surface area contributed by atoms with E-state index in [9.17, 15) is 0 Å². The Bertz CT molecular complexity index is 457. The van der Waals surface area contributed by atoms with Gasteiger partial charge in [-0.15, -0.1) is 0 Å². The number of hydrogen-bond donors (Lipinski definition) is 0. The number of nitrogens with zero attached hydrogens (tertiary/aromatic N) is 1. The van der Waals surface area contributed by atoms with Crippen molar-refractivity contribution in [3.05, 3.63) is 28.1 Å². The SMILES string of the molecule is C[C@@H]1CCc2c1nc1c(c2C(C)(C)C)CC[C@@H]1C. The van der Waals surface area contributed by atoms with Crippen LogP contribution in [0.25, 0.3) is 0 Å². The zero-order chi connectivity index (χ0) is 13.1.